The van der Waals surface area contributed by atoms with Crippen LogP contribution in [0.2, 0.25) is 0 Å². The number of rotatable bonds is 7. The normalized spacial score (nSPS) is 13.4. The van der Waals surface area contributed by atoms with Crippen LogP contribution in [0.3, 0.4) is 0 Å². The van der Waals surface area contributed by atoms with E-state index in [4.69, 9.17) is 4.52 Å². The smallest absolute Gasteiger partial charge is 0.241 e. The average Bonchev–Trinajstić information content (AvgIpc) is 3.25. The molecule has 1 aromatic carbocycles. The molecular formula is C20H25FN6O. The van der Waals surface area contributed by atoms with Crippen molar-refractivity contribution in [3.05, 3.63) is 47.5 Å². The summed E-state index contributed by atoms with van der Waals surface area (Å²) in [6, 6.07) is 4.80. The van der Waals surface area contributed by atoms with Gasteiger partial charge in [0.05, 0.1) is 17.9 Å². The van der Waals surface area contributed by atoms with E-state index in [2.05, 4.69) is 39.2 Å². The van der Waals surface area contributed by atoms with Crippen molar-refractivity contribution in [2.75, 3.05) is 13.1 Å². The first-order valence-corrected chi connectivity index (χ1v) is 9.80. The predicted octanol–water partition coefficient (Wildman–Crippen LogP) is 3.29. The summed E-state index contributed by atoms with van der Waals surface area (Å²) in [5, 5.41) is 7.50. The van der Waals surface area contributed by atoms with E-state index < -0.39 is 0 Å². The summed E-state index contributed by atoms with van der Waals surface area (Å²) < 4.78 is 21.1. The summed E-state index contributed by atoms with van der Waals surface area (Å²) in [7, 11) is 0. The maximum Gasteiger partial charge on any atom is 0.241 e. The Morgan fingerprint density at radius 2 is 2.04 bits per heavy atom. The molecule has 0 radical (unpaired) electrons. The Labute approximate surface area is 163 Å². The summed E-state index contributed by atoms with van der Waals surface area (Å²) in [5.41, 5.74) is 3.45. The highest BCUT2D eigenvalue weighted by Crippen LogP contribution is 2.27. The van der Waals surface area contributed by atoms with Crippen LogP contribution in [0.1, 0.15) is 43.8 Å². The first kappa shape index (κ1) is 18.8. The number of hydrogen-bond donors (Lipinski definition) is 1. The molecule has 0 bridgehead atoms. The van der Waals surface area contributed by atoms with E-state index >= 15 is 0 Å². The summed E-state index contributed by atoms with van der Waals surface area (Å²) in [4.78, 5) is 11.4. The third-order valence-electron chi connectivity index (χ3n) is 4.89. The third-order valence-corrected chi connectivity index (χ3v) is 4.89. The molecule has 3 aromatic rings. The fourth-order valence-electron chi connectivity index (χ4n) is 3.69. The Kier molecular flexibility index (Phi) is 5.50. The van der Waals surface area contributed by atoms with Crippen LogP contribution in [-0.4, -0.2) is 37.7 Å². The maximum atomic E-state index is 13.6. The second kappa shape index (κ2) is 8.20. The van der Waals surface area contributed by atoms with Crippen molar-refractivity contribution in [3.8, 4) is 17.2 Å². The lowest BCUT2D eigenvalue weighted by molar-refractivity contribution is 0.227. The first-order valence-electron chi connectivity index (χ1n) is 9.80. The molecule has 8 heteroatoms. The largest absolute Gasteiger partial charge is 0.337 e. The molecule has 148 valence electrons. The summed E-state index contributed by atoms with van der Waals surface area (Å²) >= 11 is 0. The lowest BCUT2D eigenvalue weighted by Crippen LogP contribution is -2.25. The van der Waals surface area contributed by atoms with E-state index in [1.165, 1.54) is 6.07 Å². The van der Waals surface area contributed by atoms with Gasteiger partial charge in [-0.25, -0.2) is 9.37 Å². The zero-order valence-corrected chi connectivity index (χ0v) is 16.3. The van der Waals surface area contributed by atoms with Crippen LogP contribution in [0, 0.1) is 5.82 Å². The second-order valence-corrected chi connectivity index (χ2v) is 7.07. The Morgan fingerprint density at radius 3 is 2.82 bits per heavy atom. The molecule has 4 rings (SSSR count). The zero-order valence-electron chi connectivity index (χ0n) is 16.3. The van der Waals surface area contributed by atoms with Gasteiger partial charge in [-0.2, -0.15) is 4.98 Å². The molecule has 28 heavy (non-hydrogen) atoms. The van der Waals surface area contributed by atoms with Crippen LogP contribution in [0.5, 0.6) is 0 Å². The van der Waals surface area contributed by atoms with Crippen molar-refractivity contribution in [2.24, 2.45) is 0 Å². The highest BCUT2D eigenvalue weighted by atomic mass is 19.1. The van der Waals surface area contributed by atoms with Crippen LogP contribution in [0.25, 0.3) is 17.2 Å². The molecule has 0 saturated carbocycles. The van der Waals surface area contributed by atoms with E-state index in [9.17, 15) is 4.39 Å². The number of hydrogen-bond acceptors (Lipinski definition) is 6. The van der Waals surface area contributed by atoms with Gasteiger partial charge in [0, 0.05) is 13.1 Å². The molecule has 0 spiro atoms. The number of halogens is 1. The molecular weight excluding hydrogens is 359 g/mol. The van der Waals surface area contributed by atoms with Gasteiger partial charge in [0.2, 0.25) is 11.7 Å². The van der Waals surface area contributed by atoms with Gasteiger partial charge in [-0.3, -0.25) is 4.90 Å². The van der Waals surface area contributed by atoms with E-state index in [-0.39, 0.29) is 5.82 Å². The minimum atomic E-state index is -0.240. The first-order chi connectivity index (χ1) is 13.7. The van der Waals surface area contributed by atoms with Crippen molar-refractivity contribution < 1.29 is 8.91 Å². The highest BCUT2D eigenvalue weighted by Gasteiger charge is 2.22. The molecule has 0 atom stereocenters. The van der Waals surface area contributed by atoms with Gasteiger partial charge in [0.15, 0.2) is 0 Å². The van der Waals surface area contributed by atoms with Gasteiger partial charge < -0.3 is 14.4 Å². The Morgan fingerprint density at radius 1 is 1.21 bits per heavy atom. The molecule has 3 heterocycles. The monoisotopic (exact) mass is 384 g/mol. The molecule has 0 saturated heterocycles. The van der Waals surface area contributed by atoms with Gasteiger partial charge >= 0.3 is 0 Å². The number of nitrogens with one attached hydrogen (secondary N) is 1. The number of benzene rings is 1. The summed E-state index contributed by atoms with van der Waals surface area (Å²) in [5.74, 6) is 0.850. The molecule has 0 fully saturated rings. The molecule has 0 amide bonds. The fourth-order valence-corrected chi connectivity index (χ4v) is 3.69. The number of imidazole rings is 1. The Hall–Kier alpha value is -2.58. The molecule has 7 nitrogen and oxygen atoms in total. The number of aromatic nitrogens is 4. The van der Waals surface area contributed by atoms with Gasteiger partial charge in [0.25, 0.3) is 0 Å². The van der Waals surface area contributed by atoms with Crippen molar-refractivity contribution in [2.45, 2.75) is 46.3 Å². The van der Waals surface area contributed by atoms with E-state index in [0.717, 1.165) is 42.9 Å². The van der Waals surface area contributed by atoms with Gasteiger partial charge in [-0.15, -0.1) is 0 Å². The van der Waals surface area contributed by atoms with Gasteiger partial charge in [-0.05, 0) is 49.7 Å². The molecule has 1 N–H and O–H groups in total. The zero-order chi connectivity index (χ0) is 19.5. The predicted molar refractivity (Wildman–Crippen MR) is 103 cm³/mol. The van der Waals surface area contributed by atoms with Crippen LogP contribution < -0.4 is 5.32 Å². The van der Waals surface area contributed by atoms with Crippen molar-refractivity contribution in [3.63, 3.8) is 0 Å². The van der Waals surface area contributed by atoms with E-state index in [0.29, 0.717) is 37.0 Å². The SMILES string of the molecule is CCCN(CCC)Cc1nc(-c2ncn3c2CNCc2cc(F)ccc2-3)no1. The summed E-state index contributed by atoms with van der Waals surface area (Å²) in [6.07, 6.45) is 3.91. The second-order valence-electron chi connectivity index (χ2n) is 7.07. The number of nitrogens with zero attached hydrogens (tertiary/aromatic N) is 5. The Bertz CT molecular complexity index is 944. The molecule has 2 aromatic heterocycles. The molecule has 0 aliphatic carbocycles. The topological polar surface area (TPSA) is 72.0 Å². The highest BCUT2D eigenvalue weighted by molar-refractivity contribution is 5.56. The van der Waals surface area contributed by atoms with Crippen molar-refractivity contribution >= 4 is 0 Å². The quantitative estimate of drug-likeness (QED) is 0.674. The van der Waals surface area contributed by atoms with E-state index in [1.807, 2.05) is 4.57 Å². The van der Waals surface area contributed by atoms with Crippen molar-refractivity contribution in [1.29, 1.82) is 0 Å². The average molecular weight is 384 g/mol. The lowest BCUT2D eigenvalue weighted by Gasteiger charge is -2.18. The standard InChI is InChI=1S/C20H25FN6O/c1-3-7-26(8-4-2)12-18-24-20(25-28-18)19-17-11-22-10-14-9-15(21)5-6-16(14)27(17)13-23-19/h5-6,9,13,22H,3-4,7-8,10-12H2,1-2H3. The lowest BCUT2D eigenvalue weighted by atomic mass is 10.1. The van der Waals surface area contributed by atoms with Crippen LogP contribution >= 0.6 is 0 Å². The molecule has 1 aliphatic rings. The van der Waals surface area contributed by atoms with Crippen molar-refractivity contribution in [1.82, 2.24) is 29.9 Å². The summed E-state index contributed by atoms with van der Waals surface area (Å²) in [6.45, 7) is 8.16. The Balaban J connectivity index is 1.62. The van der Waals surface area contributed by atoms with Crippen LogP contribution in [0.15, 0.2) is 29.0 Å². The van der Waals surface area contributed by atoms with Crippen LogP contribution in [-0.2, 0) is 19.6 Å². The molecule has 1 aliphatic heterocycles. The minimum absolute atomic E-state index is 0.240. The van der Waals surface area contributed by atoms with Gasteiger partial charge in [-0.1, -0.05) is 19.0 Å². The fraction of sp³-hybridized carbons (Fsp3) is 0.450. The number of fused-ring (bicyclic) bond motifs is 3. The molecule has 0 unspecified atom stereocenters. The van der Waals surface area contributed by atoms with E-state index in [1.54, 1.807) is 18.5 Å². The minimum Gasteiger partial charge on any atom is -0.337 e. The third kappa shape index (κ3) is 3.70. The van der Waals surface area contributed by atoms with Gasteiger partial charge in [0.1, 0.15) is 17.8 Å². The van der Waals surface area contributed by atoms with Crippen LogP contribution in [0.4, 0.5) is 4.39 Å². The maximum absolute atomic E-state index is 13.6.